The predicted molar refractivity (Wildman–Crippen MR) is 123 cm³/mol. The highest BCUT2D eigenvalue weighted by molar-refractivity contribution is 7.12. The summed E-state index contributed by atoms with van der Waals surface area (Å²) in [5, 5.41) is 17.2. The zero-order valence-electron chi connectivity index (χ0n) is 17.3. The molecule has 0 amide bonds. The molecule has 1 atom stereocenters. The minimum absolute atomic E-state index is 0.0961. The number of fused-ring (bicyclic) bond motifs is 1. The van der Waals surface area contributed by atoms with Crippen LogP contribution in [0.4, 0.5) is 0 Å². The van der Waals surface area contributed by atoms with Crippen molar-refractivity contribution in [1.29, 1.82) is 5.26 Å². The van der Waals surface area contributed by atoms with Crippen LogP contribution in [0.2, 0.25) is 0 Å². The molecule has 4 aromatic rings. The van der Waals surface area contributed by atoms with Crippen molar-refractivity contribution in [2.75, 3.05) is 0 Å². The molecule has 32 heavy (non-hydrogen) atoms. The third-order valence-corrected chi connectivity index (χ3v) is 6.44. The average molecular weight is 441 g/mol. The highest BCUT2D eigenvalue weighted by atomic mass is 32.1. The number of thiophene rings is 1. The van der Waals surface area contributed by atoms with Crippen molar-refractivity contribution in [2.45, 2.75) is 19.4 Å². The topological polar surface area (TPSA) is 97.0 Å². The lowest BCUT2D eigenvalue weighted by Gasteiger charge is -2.22. The van der Waals surface area contributed by atoms with Crippen LogP contribution in [0, 0.1) is 18.3 Å². The number of aromatic amines is 1. The van der Waals surface area contributed by atoms with Gasteiger partial charge in [-0.2, -0.15) is 5.26 Å². The Morgan fingerprint density at radius 3 is 2.59 bits per heavy atom. The van der Waals surface area contributed by atoms with Gasteiger partial charge in [0, 0.05) is 15.3 Å². The first-order valence-electron chi connectivity index (χ1n) is 10.1. The van der Waals surface area contributed by atoms with Crippen molar-refractivity contribution in [3.63, 3.8) is 0 Å². The maximum Gasteiger partial charge on any atom is 0.244 e. The Hall–Kier alpha value is -4.02. The number of hydrogen-bond acceptors (Lipinski definition) is 6. The highest BCUT2D eigenvalue weighted by Gasteiger charge is 2.36. The van der Waals surface area contributed by atoms with Gasteiger partial charge in [0.2, 0.25) is 11.8 Å². The number of H-pyrrole nitrogens is 1. The number of benzene rings is 2. The standard InChI is InChI=1S/C25H20N4O2S/c1-15-7-12-20(32-15)21-19(13-26)24(27)31-25-22(21)23(28-29-25)17-8-10-18(11-9-17)30-14-16-5-3-2-4-6-16/h2-12,21H,14,27H2,1H3,(H,28,29)/t21-/m0/s1. The van der Waals surface area contributed by atoms with E-state index in [0.29, 0.717) is 18.1 Å². The van der Waals surface area contributed by atoms with Gasteiger partial charge in [0.1, 0.15) is 24.0 Å². The van der Waals surface area contributed by atoms with Crippen molar-refractivity contribution in [3.05, 3.63) is 99.1 Å². The summed E-state index contributed by atoms with van der Waals surface area (Å²) in [6.45, 7) is 2.54. The number of aryl methyl sites for hydroxylation is 1. The highest BCUT2D eigenvalue weighted by Crippen LogP contribution is 2.47. The average Bonchev–Trinajstić information content (AvgIpc) is 3.44. The molecule has 158 valence electrons. The number of nitrogens with one attached hydrogen (secondary N) is 1. The molecular formula is C25H20N4O2S. The van der Waals surface area contributed by atoms with Gasteiger partial charge in [0.05, 0.1) is 17.2 Å². The molecule has 0 radical (unpaired) electrons. The Morgan fingerprint density at radius 1 is 1.12 bits per heavy atom. The molecule has 2 aromatic heterocycles. The number of nitrogens with zero attached hydrogens (tertiary/aromatic N) is 2. The minimum atomic E-state index is -0.329. The van der Waals surface area contributed by atoms with Crippen LogP contribution in [0.1, 0.15) is 26.8 Å². The smallest absolute Gasteiger partial charge is 0.244 e. The second kappa shape index (κ2) is 8.25. The monoisotopic (exact) mass is 440 g/mol. The molecule has 1 aliphatic heterocycles. The normalized spacial score (nSPS) is 15.1. The largest absolute Gasteiger partial charge is 0.489 e. The van der Waals surface area contributed by atoms with Crippen LogP contribution >= 0.6 is 11.3 Å². The molecule has 0 saturated heterocycles. The molecule has 1 aliphatic rings. The number of allylic oxidation sites excluding steroid dienone is 1. The summed E-state index contributed by atoms with van der Waals surface area (Å²) in [6.07, 6.45) is 0. The molecule has 0 aliphatic carbocycles. The summed E-state index contributed by atoms with van der Waals surface area (Å²) >= 11 is 1.64. The van der Waals surface area contributed by atoms with Crippen molar-refractivity contribution in [3.8, 4) is 29.0 Å². The minimum Gasteiger partial charge on any atom is -0.489 e. The lowest BCUT2D eigenvalue weighted by molar-refractivity contribution is 0.306. The number of nitriles is 1. The fourth-order valence-corrected chi connectivity index (χ4v) is 4.81. The van der Waals surface area contributed by atoms with E-state index in [1.54, 1.807) is 11.3 Å². The van der Waals surface area contributed by atoms with Crippen molar-refractivity contribution in [2.24, 2.45) is 5.73 Å². The summed E-state index contributed by atoms with van der Waals surface area (Å²) in [5.74, 6) is 0.940. The molecule has 2 aromatic carbocycles. The van der Waals surface area contributed by atoms with E-state index in [2.05, 4.69) is 16.3 Å². The molecule has 0 bridgehead atoms. The van der Waals surface area contributed by atoms with Gasteiger partial charge in [-0.1, -0.05) is 30.3 Å². The van der Waals surface area contributed by atoms with Crippen molar-refractivity contribution < 1.29 is 9.47 Å². The molecule has 0 saturated carbocycles. The first kappa shape index (κ1) is 19.9. The van der Waals surface area contributed by atoms with E-state index in [4.69, 9.17) is 15.2 Å². The first-order valence-corrected chi connectivity index (χ1v) is 10.9. The van der Waals surface area contributed by atoms with Crippen molar-refractivity contribution >= 4 is 11.3 Å². The molecule has 3 heterocycles. The maximum absolute atomic E-state index is 9.80. The van der Waals surface area contributed by atoms with E-state index in [1.807, 2.05) is 73.7 Å². The summed E-state index contributed by atoms with van der Waals surface area (Å²) in [5.41, 5.74) is 10.1. The Bertz CT molecular complexity index is 1330. The molecule has 0 unspecified atom stereocenters. The van der Waals surface area contributed by atoms with E-state index in [1.165, 1.54) is 0 Å². The van der Waals surface area contributed by atoms with E-state index >= 15 is 0 Å². The molecule has 0 spiro atoms. The molecule has 3 N–H and O–H groups in total. The van der Waals surface area contributed by atoms with Gasteiger partial charge in [0.15, 0.2) is 0 Å². The third kappa shape index (κ3) is 3.61. The summed E-state index contributed by atoms with van der Waals surface area (Å²) in [4.78, 5) is 2.19. The Labute approximate surface area is 189 Å². The second-order valence-corrected chi connectivity index (χ2v) is 8.81. The Balaban J connectivity index is 1.47. The quantitative estimate of drug-likeness (QED) is 0.442. The van der Waals surface area contributed by atoms with Crippen LogP contribution in [-0.2, 0) is 6.61 Å². The fraction of sp³-hybridized carbons (Fsp3) is 0.120. The summed E-state index contributed by atoms with van der Waals surface area (Å²) < 4.78 is 11.6. The van der Waals surface area contributed by atoms with E-state index in [-0.39, 0.29) is 11.8 Å². The van der Waals surface area contributed by atoms with E-state index in [9.17, 15) is 5.26 Å². The van der Waals surface area contributed by atoms with Gasteiger partial charge >= 0.3 is 0 Å². The Morgan fingerprint density at radius 2 is 1.91 bits per heavy atom. The van der Waals surface area contributed by atoms with Gasteiger partial charge in [0.25, 0.3) is 0 Å². The number of ether oxygens (including phenoxy) is 2. The molecule has 5 rings (SSSR count). The van der Waals surface area contributed by atoms with Gasteiger partial charge in [-0.3, -0.25) is 5.10 Å². The molecule has 7 heteroatoms. The third-order valence-electron chi connectivity index (χ3n) is 5.38. The summed E-state index contributed by atoms with van der Waals surface area (Å²) in [7, 11) is 0. The van der Waals surface area contributed by atoms with Gasteiger partial charge in [-0.05, 0) is 48.9 Å². The predicted octanol–water partition coefficient (Wildman–Crippen LogP) is 5.24. The zero-order chi connectivity index (χ0) is 22.1. The maximum atomic E-state index is 9.80. The van der Waals surface area contributed by atoms with Crippen LogP contribution in [0.3, 0.4) is 0 Å². The van der Waals surface area contributed by atoms with Crippen LogP contribution in [0.5, 0.6) is 11.6 Å². The van der Waals surface area contributed by atoms with Gasteiger partial charge in [-0.15, -0.1) is 16.4 Å². The van der Waals surface area contributed by atoms with Crippen LogP contribution in [-0.4, -0.2) is 10.2 Å². The number of hydrogen-bond donors (Lipinski definition) is 2. The van der Waals surface area contributed by atoms with Crippen LogP contribution in [0.25, 0.3) is 11.3 Å². The molecule has 0 fully saturated rings. The van der Waals surface area contributed by atoms with E-state index < -0.39 is 0 Å². The SMILES string of the molecule is Cc1ccc([C@@H]2C(C#N)=C(N)Oc3n[nH]c(-c4ccc(OCc5ccccc5)cc4)c32)s1. The molecule has 6 nitrogen and oxygen atoms in total. The first-order chi connectivity index (χ1) is 15.6. The lowest BCUT2D eigenvalue weighted by atomic mass is 9.87. The number of rotatable bonds is 5. The fourth-order valence-electron chi connectivity index (χ4n) is 3.82. The number of aromatic nitrogens is 2. The van der Waals surface area contributed by atoms with E-state index in [0.717, 1.165) is 37.9 Å². The van der Waals surface area contributed by atoms with Crippen LogP contribution in [0.15, 0.2) is 78.2 Å². The van der Waals surface area contributed by atoms with Crippen LogP contribution < -0.4 is 15.2 Å². The second-order valence-electron chi connectivity index (χ2n) is 7.49. The van der Waals surface area contributed by atoms with Gasteiger partial charge in [-0.25, -0.2) is 0 Å². The Kier molecular flexibility index (Phi) is 5.13. The van der Waals surface area contributed by atoms with Gasteiger partial charge < -0.3 is 15.2 Å². The number of nitrogens with two attached hydrogens (primary N) is 1. The lowest BCUT2D eigenvalue weighted by Crippen LogP contribution is -2.20. The van der Waals surface area contributed by atoms with Crippen molar-refractivity contribution in [1.82, 2.24) is 10.2 Å². The zero-order valence-corrected chi connectivity index (χ0v) is 18.1. The summed E-state index contributed by atoms with van der Waals surface area (Å²) in [6, 6.07) is 24.1. The molecular weight excluding hydrogens is 420 g/mol.